The van der Waals surface area contributed by atoms with Crippen LogP contribution in [0.2, 0.25) is 0 Å². The summed E-state index contributed by atoms with van der Waals surface area (Å²) < 4.78 is 0. The highest BCUT2D eigenvalue weighted by atomic mass is 16.2. The number of nitrogens with one attached hydrogen (secondary N) is 1. The van der Waals surface area contributed by atoms with Gasteiger partial charge < -0.3 is 9.88 Å². The summed E-state index contributed by atoms with van der Waals surface area (Å²) in [6.07, 6.45) is 3.35. The van der Waals surface area contributed by atoms with E-state index in [-0.39, 0.29) is 17.2 Å². The van der Waals surface area contributed by atoms with E-state index in [9.17, 15) is 14.4 Å². The molecule has 0 saturated heterocycles. The number of fused-ring (bicyclic) bond motifs is 1. The van der Waals surface area contributed by atoms with Gasteiger partial charge in [0.15, 0.2) is 0 Å². The van der Waals surface area contributed by atoms with Gasteiger partial charge in [0, 0.05) is 49.7 Å². The summed E-state index contributed by atoms with van der Waals surface area (Å²) in [5, 5.41) is 0. The molecule has 0 spiro atoms. The smallest absolute Gasteiger partial charge is 0.254 e. The predicted octanol–water partition coefficient (Wildman–Crippen LogP) is 2.21. The maximum atomic E-state index is 12.7. The second-order valence-electron chi connectivity index (χ2n) is 7.09. The van der Waals surface area contributed by atoms with Gasteiger partial charge in [0.05, 0.1) is 0 Å². The van der Waals surface area contributed by atoms with Crippen LogP contribution in [0.3, 0.4) is 0 Å². The van der Waals surface area contributed by atoms with Gasteiger partial charge in [-0.3, -0.25) is 14.4 Å². The molecule has 5 heteroatoms. The molecule has 2 aromatic rings. The Morgan fingerprint density at radius 2 is 1.96 bits per heavy atom. The highest BCUT2D eigenvalue weighted by Crippen LogP contribution is 2.31. The lowest BCUT2D eigenvalue weighted by Gasteiger charge is -2.28. The van der Waals surface area contributed by atoms with Crippen LogP contribution in [0.5, 0.6) is 0 Å². The summed E-state index contributed by atoms with van der Waals surface area (Å²) in [6.45, 7) is 3.14. The van der Waals surface area contributed by atoms with Crippen LogP contribution in [0.1, 0.15) is 45.5 Å². The predicted molar refractivity (Wildman–Crippen MR) is 93.5 cm³/mol. The molecule has 1 aromatic carbocycles. The highest BCUT2D eigenvalue weighted by Gasteiger charge is 2.34. The van der Waals surface area contributed by atoms with Crippen molar-refractivity contribution in [1.82, 2.24) is 9.88 Å². The first-order chi connectivity index (χ1) is 12.0. The minimum atomic E-state index is -0.0771. The lowest BCUT2D eigenvalue weighted by molar-refractivity contribution is -0.127. The Balaban J connectivity index is 1.60. The molecule has 128 valence electrons. The summed E-state index contributed by atoms with van der Waals surface area (Å²) in [5.74, 6) is 0.622. The fourth-order valence-electron chi connectivity index (χ4n) is 3.81. The van der Waals surface area contributed by atoms with Crippen molar-refractivity contribution in [3.8, 4) is 0 Å². The maximum absolute atomic E-state index is 12.7. The number of aromatic amines is 1. The molecule has 1 fully saturated rings. The topological polar surface area (TPSA) is 70.2 Å². The van der Waals surface area contributed by atoms with Gasteiger partial charge in [0.2, 0.25) is 0 Å². The minimum Gasteiger partial charge on any atom is -0.334 e. The molecule has 4 rings (SSSR count). The Bertz CT molecular complexity index is 921. The fourth-order valence-corrected chi connectivity index (χ4v) is 3.81. The molecular formula is C20H20N2O3. The third-order valence-electron chi connectivity index (χ3n) is 5.32. The van der Waals surface area contributed by atoms with Crippen molar-refractivity contribution < 1.29 is 9.59 Å². The zero-order valence-electron chi connectivity index (χ0n) is 14.2. The average Bonchev–Trinajstić information content (AvgIpc) is 2.87. The van der Waals surface area contributed by atoms with E-state index >= 15 is 0 Å². The Kier molecular flexibility index (Phi) is 3.79. The highest BCUT2D eigenvalue weighted by molar-refractivity contribution is 5.99. The Morgan fingerprint density at radius 3 is 2.68 bits per heavy atom. The van der Waals surface area contributed by atoms with Gasteiger partial charge in [-0.1, -0.05) is 12.1 Å². The molecule has 0 unspecified atom stereocenters. The van der Waals surface area contributed by atoms with E-state index < -0.39 is 0 Å². The van der Waals surface area contributed by atoms with Crippen LogP contribution < -0.4 is 5.56 Å². The molecule has 1 N–H and O–H groups in total. The van der Waals surface area contributed by atoms with Crippen molar-refractivity contribution in [2.24, 2.45) is 5.92 Å². The van der Waals surface area contributed by atoms with Crippen LogP contribution >= 0.6 is 0 Å². The van der Waals surface area contributed by atoms with E-state index in [0.29, 0.717) is 38.3 Å². The first kappa shape index (κ1) is 15.8. The van der Waals surface area contributed by atoms with Crippen LogP contribution in [-0.4, -0.2) is 28.1 Å². The summed E-state index contributed by atoms with van der Waals surface area (Å²) >= 11 is 0. The minimum absolute atomic E-state index is 0.0369. The number of carbonyl (C=O) groups is 2. The van der Waals surface area contributed by atoms with Gasteiger partial charge >= 0.3 is 0 Å². The number of nitrogens with zero attached hydrogens (tertiary/aromatic N) is 1. The first-order valence-corrected chi connectivity index (χ1v) is 8.62. The Hall–Kier alpha value is -2.69. The summed E-state index contributed by atoms with van der Waals surface area (Å²) in [6, 6.07) is 7.63. The Morgan fingerprint density at radius 1 is 1.16 bits per heavy atom. The van der Waals surface area contributed by atoms with E-state index in [1.165, 1.54) is 0 Å². The lowest BCUT2D eigenvalue weighted by atomic mass is 9.84. The van der Waals surface area contributed by atoms with Crippen LogP contribution in [-0.2, 0) is 17.8 Å². The SMILES string of the molecule is Cc1cc[nH]c(=O)c1Cc1cccc2c1CN(CC1CC(=O)C1)C2=O. The van der Waals surface area contributed by atoms with Crippen molar-refractivity contribution in [2.45, 2.75) is 32.7 Å². The van der Waals surface area contributed by atoms with Crippen molar-refractivity contribution in [2.75, 3.05) is 6.54 Å². The molecule has 1 amide bonds. The van der Waals surface area contributed by atoms with Crippen molar-refractivity contribution >= 4 is 11.7 Å². The zero-order valence-corrected chi connectivity index (χ0v) is 14.2. The molecule has 2 heterocycles. The van der Waals surface area contributed by atoms with Crippen molar-refractivity contribution in [1.29, 1.82) is 0 Å². The number of benzene rings is 1. The van der Waals surface area contributed by atoms with Gasteiger partial charge in [0.1, 0.15) is 5.78 Å². The maximum Gasteiger partial charge on any atom is 0.254 e. The third kappa shape index (κ3) is 2.80. The molecule has 0 bridgehead atoms. The summed E-state index contributed by atoms with van der Waals surface area (Å²) in [7, 11) is 0. The lowest BCUT2D eigenvalue weighted by Crippen LogP contribution is -2.36. The van der Waals surface area contributed by atoms with E-state index in [2.05, 4.69) is 4.98 Å². The van der Waals surface area contributed by atoms with Gasteiger partial charge in [-0.15, -0.1) is 0 Å². The van der Waals surface area contributed by atoms with E-state index in [4.69, 9.17) is 0 Å². The first-order valence-electron chi connectivity index (χ1n) is 8.62. The number of pyridine rings is 1. The monoisotopic (exact) mass is 336 g/mol. The number of H-pyrrole nitrogens is 1. The van der Waals surface area contributed by atoms with Crippen molar-refractivity contribution in [3.05, 3.63) is 68.6 Å². The third-order valence-corrected chi connectivity index (χ3v) is 5.32. The number of amides is 1. The molecule has 1 aliphatic carbocycles. The average molecular weight is 336 g/mol. The zero-order chi connectivity index (χ0) is 17.6. The molecule has 1 aromatic heterocycles. The second-order valence-corrected chi connectivity index (χ2v) is 7.09. The van der Waals surface area contributed by atoms with Crippen LogP contribution in [0.4, 0.5) is 0 Å². The molecular weight excluding hydrogens is 316 g/mol. The number of hydrogen-bond donors (Lipinski definition) is 1. The number of ketones is 1. The molecule has 25 heavy (non-hydrogen) atoms. The molecule has 0 radical (unpaired) electrons. The van der Waals surface area contributed by atoms with Gasteiger partial charge in [-0.25, -0.2) is 0 Å². The van der Waals surface area contributed by atoms with E-state index in [1.807, 2.05) is 36.1 Å². The number of rotatable bonds is 4. The number of aryl methyl sites for hydroxylation is 1. The number of hydrogen-bond acceptors (Lipinski definition) is 3. The van der Waals surface area contributed by atoms with Crippen LogP contribution in [0.25, 0.3) is 0 Å². The number of Topliss-reactive ketones (excluding diaryl/α,β-unsaturated/α-hetero) is 1. The quantitative estimate of drug-likeness (QED) is 0.930. The Labute approximate surface area is 145 Å². The van der Waals surface area contributed by atoms with Crippen LogP contribution in [0, 0.1) is 12.8 Å². The largest absolute Gasteiger partial charge is 0.334 e. The molecule has 1 saturated carbocycles. The van der Waals surface area contributed by atoms with E-state index in [1.54, 1.807) is 6.20 Å². The number of aromatic nitrogens is 1. The van der Waals surface area contributed by atoms with E-state index in [0.717, 1.165) is 27.8 Å². The molecule has 5 nitrogen and oxygen atoms in total. The summed E-state index contributed by atoms with van der Waals surface area (Å²) in [5.41, 5.74) is 4.39. The normalized spacial score (nSPS) is 16.9. The van der Waals surface area contributed by atoms with Gasteiger partial charge in [0.25, 0.3) is 11.5 Å². The molecule has 2 aliphatic rings. The van der Waals surface area contributed by atoms with Crippen molar-refractivity contribution in [3.63, 3.8) is 0 Å². The fraction of sp³-hybridized carbons (Fsp3) is 0.350. The second kappa shape index (κ2) is 5.99. The van der Waals surface area contributed by atoms with Gasteiger partial charge in [-0.05, 0) is 41.7 Å². The number of carbonyl (C=O) groups excluding carboxylic acids is 2. The van der Waals surface area contributed by atoms with Crippen LogP contribution in [0.15, 0.2) is 35.3 Å². The molecule has 1 aliphatic heterocycles. The standard InChI is InChI=1S/C20H20N2O3/c1-12-5-6-21-19(24)17(12)9-14-3-2-4-16-18(14)11-22(20(16)25)10-13-7-15(23)8-13/h2-6,13H,7-11H2,1H3,(H,21,24). The summed E-state index contributed by atoms with van der Waals surface area (Å²) in [4.78, 5) is 40.5. The van der Waals surface area contributed by atoms with Gasteiger partial charge in [-0.2, -0.15) is 0 Å². The molecule has 0 atom stereocenters.